The molecule has 0 aliphatic rings. The van der Waals surface area contributed by atoms with Crippen LogP contribution in [0.1, 0.15) is 26.7 Å². The average molecular weight is 316 g/mol. The summed E-state index contributed by atoms with van der Waals surface area (Å²) in [5, 5.41) is 12.9. The Morgan fingerprint density at radius 1 is 1.40 bits per heavy atom. The van der Waals surface area contributed by atoms with Gasteiger partial charge in [-0.25, -0.2) is 0 Å². The van der Waals surface area contributed by atoms with Crippen molar-refractivity contribution in [3.05, 3.63) is 29.3 Å². The van der Waals surface area contributed by atoms with Gasteiger partial charge in [0.15, 0.2) is 0 Å². The molecule has 0 aromatic heterocycles. The molecule has 2 N–H and O–H groups in total. The van der Waals surface area contributed by atoms with Crippen LogP contribution in [-0.2, 0) is 4.79 Å². The number of hydrogen-bond acceptors (Lipinski definition) is 3. The van der Waals surface area contributed by atoms with E-state index in [2.05, 4.69) is 5.32 Å². The number of carbonyl (C=O) groups excluding carboxylic acids is 1. The van der Waals surface area contributed by atoms with Crippen LogP contribution in [0.15, 0.2) is 29.2 Å². The standard InChI is InChI=1S/C15H22ClNO2S/c1-11(9-12(2)18)10-17-15(19)7-8-20-14-6-4-3-5-13(14)16/h3-6,11-12,18H,7-10H2,1-2H3,(H,17,19). The number of rotatable bonds is 8. The highest BCUT2D eigenvalue weighted by Gasteiger charge is 2.08. The van der Waals surface area contributed by atoms with Gasteiger partial charge in [0.05, 0.1) is 11.1 Å². The molecule has 0 heterocycles. The summed E-state index contributed by atoms with van der Waals surface area (Å²) in [4.78, 5) is 12.7. The van der Waals surface area contributed by atoms with Gasteiger partial charge in [0, 0.05) is 23.6 Å². The first-order chi connectivity index (χ1) is 9.49. The van der Waals surface area contributed by atoms with Crippen molar-refractivity contribution in [2.24, 2.45) is 5.92 Å². The van der Waals surface area contributed by atoms with E-state index in [1.807, 2.05) is 31.2 Å². The summed E-state index contributed by atoms with van der Waals surface area (Å²) < 4.78 is 0. The highest BCUT2D eigenvalue weighted by molar-refractivity contribution is 7.99. The summed E-state index contributed by atoms with van der Waals surface area (Å²) in [6.45, 7) is 4.39. The second-order valence-electron chi connectivity index (χ2n) is 5.02. The Balaban J connectivity index is 2.19. The normalized spacial score (nSPS) is 13.8. The van der Waals surface area contributed by atoms with E-state index in [0.29, 0.717) is 25.1 Å². The summed E-state index contributed by atoms with van der Waals surface area (Å²) in [6.07, 6.45) is 0.851. The fourth-order valence-electron chi connectivity index (χ4n) is 1.86. The second-order valence-corrected chi connectivity index (χ2v) is 6.57. The van der Waals surface area contributed by atoms with Crippen LogP contribution in [0.5, 0.6) is 0 Å². The molecule has 1 amide bonds. The Morgan fingerprint density at radius 3 is 2.75 bits per heavy atom. The van der Waals surface area contributed by atoms with Crippen molar-refractivity contribution in [3.8, 4) is 0 Å². The van der Waals surface area contributed by atoms with Gasteiger partial charge in [0.25, 0.3) is 0 Å². The molecule has 20 heavy (non-hydrogen) atoms. The maximum absolute atomic E-state index is 11.7. The molecule has 0 aliphatic carbocycles. The molecule has 2 atom stereocenters. The van der Waals surface area contributed by atoms with E-state index in [0.717, 1.165) is 9.92 Å². The van der Waals surface area contributed by atoms with Crippen LogP contribution in [0.3, 0.4) is 0 Å². The van der Waals surface area contributed by atoms with Crippen LogP contribution in [0.25, 0.3) is 0 Å². The number of carbonyl (C=O) groups is 1. The highest BCUT2D eigenvalue weighted by Crippen LogP contribution is 2.26. The molecule has 0 aliphatic heterocycles. The minimum absolute atomic E-state index is 0.0435. The van der Waals surface area contributed by atoms with Crippen LogP contribution >= 0.6 is 23.4 Å². The number of amides is 1. The van der Waals surface area contributed by atoms with Crippen LogP contribution in [-0.4, -0.2) is 29.4 Å². The third-order valence-electron chi connectivity index (χ3n) is 2.81. The predicted octanol–water partition coefficient (Wildman–Crippen LogP) is 3.35. The fourth-order valence-corrected chi connectivity index (χ4v) is 3.05. The summed E-state index contributed by atoms with van der Waals surface area (Å²) in [6, 6.07) is 7.63. The van der Waals surface area contributed by atoms with Crippen molar-refractivity contribution in [2.45, 2.75) is 37.7 Å². The minimum Gasteiger partial charge on any atom is -0.393 e. The van der Waals surface area contributed by atoms with E-state index in [4.69, 9.17) is 11.6 Å². The number of halogens is 1. The predicted molar refractivity (Wildman–Crippen MR) is 85.3 cm³/mol. The van der Waals surface area contributed by atoms with E-state index in [-0.39, 0.29) is 17.9 Å². The molecule has 0 bridgehead atoms. The van der Waals surface area contributed by atoms with Crippen molar-refractivity contribution in [1.82, 2.24) is 5.32 Å². The van der Waals surface area contributed by atoms with Crippen molar-refractivity contribution >= 4 is 29.3 Å². The number of thioether (sulfide) groups is 1. The zero-order valence-electron chi connectivity index (χ0n) is 11.9. The lowest BCUT2D eigenvalue weighted by Gasteiger charge is -2.14. The molecule has 3 nitrogen and oxygen atoms in total. The lowest BCUT2D eigenvalue weighted by atomic mass is 10.0. The number of nitrogens with one attached hydrogen (secondary N) is 1. The Bertz CT molecular complexity index is 426. The van der Waals surface area contributed by atoms with Crippen molar-refractivity contribution in [3.63, 3.8) is 0 Å². The largest absolute Gasteiger partial charge is 0.393 e. The van der Waals surface area contributed by atoms with Crippen LogP contribution in [0.4, 0.5) is 0 Å². The number of aliphatic hydroxyl groups excluding tert-OH is 1. The summed E-state index contributed by atoms with van der Waals surface area (Å²) in [5.41, 5.74) is 0. The molecule has 0 spiro atoms. The van der Waals surface area contributed by atoms with Gasteiger partial charge in [0.2, 0.25) is 5.91 Å². The molecule has 0 saturated heterocycles. The molecule has 5 heteroatoms. The van der Waals surface area contributed by atoms with Gasteiger partial charge in [-0.2, -0.15) is 0 Å². The third kappa shape index (κ3) is 7.17. The maximum atomic E-state index is 11.7. The Kier molecular flexibility index (Phi) is 8.04. The third-order valence-corrected chi connectivity index (χ3v) is 4.33. The molecular weight excluding hydrogens is 294 g/mol. The molecule has 0 radical (unpaired) electrons. The van der Waals surface area contributed by atoms with Crippen LogP contribution in [0, 0.1) is 5.92 Å². The molecule has 2 unspecified atom stereocenters. The summed E-state index contributed by atoms with van der Waals surface area (Å²) in [5.74, 6) is 1.04. The SMILES string of the molecule is CC(O)CC(C)CNC(=O)CCSc1ccccc1Cl. The minimum atomic E-state index is -0.322. The molecule has 1 aromatic carbocycles. The van der Waals surface area contributed by atoms with Gasteiger partial charge in [-0.05, 0) is 31.4 Å². The van der Waals surface area contributed by atoms with E-state index >= 15 is 0 Å². The lowest BCUT2D eigenvalue weighted by molar-refractivity contribution is -0.120. The summed E-state index contributed by atoms with van der Waals surface area (Å²) >= 11 is 7.63. The zero-order valence-corrected chi connectivity index (χ0v) is 13.5. The van der Waals surface area contributed by atoms with Gasteiger partial charge in [-0.15, -0.1) is 11.8 Å². The molecule has 1 aromatic rings. The molecule has 112 valence electrons. The first kappa shape index (κ1) is 17.3. The molecule has 0 saturated carbocycles. The van der Waals surface area contributed by atoms with Gasteiger partial charge in [-0.3, -0.25) is 4.79 Å². The monoisotopic (exact) mass is 315 g/mol. The molecular formula is C15H22ClNO2S. The smallest absolute Gasteiger partial charge is 0.220 e. The topological polar surface area (TPSA) is 49.3 Å². The Labute approximate surface area is 130 Å². The van der Waals surface area contributed by atoms with Crippen LogP contribution in [0.2, 0.25) is 5.02 Å². The lowest BCUT2D eigenvalue weighted by Crippen LogP contribution is -2.29. The van der Waals surface area contributed by atoms with E-state index < -0.39 is 0 Å². The van der Waals surface area contributed by atoms with Gasteiger partial charge in [-0.1, -0.05) is 30.7 Å². The fraction of sp³-hybridized carbons (Fsp3) is 0.533. The van der Waals surface area contributed by atoms with Gasteiger partial charge >= 0.3 is 0 Å². The molecule has 1 rings (SSSR count). The number of benzene rings is 1. The van der Waals surface area contributed by atoms with Crippen LogP contribution < -0.4 is 5.32 Å². The second kappa shape index (κ2) is 9.27. The van der Waals surface area contributed by atoms with Crippen molar-refractivity contribution in [1.29, 1.82) is 0 Å². The first-order valence-corrected chi connectivity index (χ1v) is 8.17. The molecule has 0 fully saturated rings. The summed E-state index contributed by atoms with van der Waals surface area (Å²) in [7, 11) is 0. The Hall–Kier alpha value is -0.710. The Morgan fingerprint density at radius 2 is 2.10 bits per heavy atom. The number of aliphatic hydroxyl groups is 1. The number of hydrogen-bond donors (Lipinski definition) is 2. The average Bonchev–Trinajstić information content (AvgIpc) is 2.38. The van der Waals surface area contributed by atoms with Gasteiger partial charge in [0.1, 0.15) is 0 Å². The quantitative estimate of drug-likeness (QED) is 0.723. The van der Waals surface area contributed by atoms with Crippen molar-refractivity contribution < 1.29 is 9.90 Å². The first-order valence-electron chi connectivity index (χ1n) is 6.81. The van der Waals surface area contributed by atoms with Crippen molar-refractivity contribution in [2.75, 3.05) is 12.3 Å². The van der Waals surface area contributed by atoms with E-state index in [9.17, 15) is 9.90 Å². The maximum Gasteiger partial charge on any atom is 0.220 e. The van der Waals surface area contributed by atoms with E-state index in [1.165, 1.54) is 0 Å². The van der Waals surface area contributed by atoms with Gasteiger partial charge < -0.3 is 10.4 Å². The zero-order chi connectivity index (χ0) is 15.0. The highest BCUT2D eigenvalue weighted by atomic mass is 35.5. The van der Waals surface area contributed by atoms with E-state index in [1.54, 1.807) is 18.7 Å².